The number of carbonyl (C=O) groups excluding carboxylic acids is 2. The van der Waals surface area contributed by atoms with E-state index < -0.39 is 0 Å². The van der Waals surface area contributed by atoms with Crippen molar-refractivity contribution in [3.05, 3.63) is 12.7 Å². The summed E-state index contributed by atoms with van der Waals surface area (Å²) in [5.41, 5.74) is 0. The average Bonchev–Trinajstić information content (AvgIpc) is 2.17. The van der Waals surface area contributed by atoms with Gasteiger partial charge in [-0.2, -0.15) is 0 Å². The fourth-order valence-electron chi connectivity index (χ4n) is 1.75. The van der Waals surface area contributed by atoms with Crippen molar-refractivity contribution >= 4 is 11.8 Å². The predicted molar refractivity (Wildman–Crippen MR) is 58.2 cm³/mol. The molecule has 1 saturated heterocycles. The minimum absolute atomic E-state index is 0.0276. The Labute approximate surface area is 90.3 Å². The lowest BCUT2D eigenvalue weighted by Crippen LogP contribution is -2.58. The molecule has 0 radical (unpaired) electrons. The van der Waals surface area contributed by atoms with Crippen molar-refractivity contribution in [3.8, 4) is 0 Å². The van der Waals surface area contributed by atoms with Crippen molar-refractivity contribution in [2.75, 3.05) is 13.1 Å². The molecular formula is C11H18N2O2. The molecule has 1 N–H and O–H groups in total. The highest BCUT2D eigenvalue weighted by molar-refractivity contribution is 5.94. The van der Waals surface area contributed by atoms with E-state index in [0.717, 1.165) is 0 Å². The van der Waals surface area contributed by atoms with Crippen LogP contribution in [0.15, 0.2) is 12.7 Å². The quantitative estimate of drug-likeness (QED) is 0.689. The molecule has 0 saturated carbocycles. The van der Waals surface area contributed by atoms with Gasteiger partial charge in [-0.1, -0.05) is 19.9 Å². The zero-order valence-corrected chi connectivity index (χ0v) is 9.32. The van der Waals surface area contributed by atoms with Crippen LogP contribution in [0.3, 0.4) is 0 Å². The van der Waals surface area contributed by atoms with Crippen LogP contribution >= 0.6 is 0 Å². The van der Waals surface area contributed by atoms with E-state index in [1.807, 2.05) is 13.8 Å². The first-order valence-corrected chi connectivity index (χ1v) is 5.24. The summed E-state index contributed by atoms with van der Waals surface area (Å²) in [4.78, 5) is 24.8. The van der Waals surface area contributed by atoms with E-state index in [2.05, 4.69) is 11.9 Å². The van der Waals surface area contributed by atoms with Crippen LogP contribution in [0.25, 0.3) is 0 Å². The molecule has 4 heteroatoms. The normalized spacial score (nSPS) is 21.8. The molecular weight excluding hydrogens is 192 g/mol. The molecule has 0 bridgehead atoms. The summed E-state index contributed by atoms with van der Waals surface area (Å²) in [6.45, 7) is 8.24. The first kappa shape index (κ1) is 11.8. The molecule has 0 aromatic carbocycles. The van der Waals surface area contributed by atoms with E-state index in [9.17, 15) is 9.59 Å². The third kappa shape index (κ3) is 2.81. The molecule has 15 heavy (non-hydrogen) atoms. The average molecular weight is 210 g/mol. The Morgan fingerprint density at radius 2 is 2.27 bits per heavy atom. The molecule has 0 aliphatic carbocycles. The van der Waals surface area contributed by atoms with Gasteiger partial charge < -0.3 is 10.2 Å². The van der Waals surface area contributed by atoms with Crippen LogP contribution in [0.1, 0.15) is 20.3 Å². The second kappa shape index (κ2) is 4.96. The summed E-state index contributed by atoms with van der Waals surface area (Å²) in [5.74, 6) is 0.310. The molecule has 1 unspecified atom stereocenters. The second-order valence-electron chi connectivity index (χ2n) is 4.20. The summed E-state index contributed by atoms with van der Waals surface area (Å²) in [6, 6.07) is -0.329. The van der Waals surface area contributed by atoms with Gasteiger partial charge in [-0.15, -0.1) is 6.58 Å². The van der Waals surface area contributed by atoms with E-state index in [0.29, 0.717) is 18.9 Å². The van der Waals surface area contributed by atoms with Gasteiger partial charge in [0.1, 0.15) is 6.04 Å². The third-order valence-corrected chi connectivity index (χ3v) is 2.43. The van der Waals surface area contributed by atoms with Gasteiger partial charge in [0.15, 0.2) is 0 Å². The lowest BCUT2D eigenvalue weighted by molar-refractivity contribution is -0.145. The zero-order valence-electron chi connectivity index (χ0n) is 9.32. The standard InChI is InChI=1S/C11H18N2O2/c1-4-5-13-9(6-8(2)3)11(15)12-7-10(13)14/h4,8-9H,1,5-7H2,2-3H3,(H,12,15). The monoisotopic (exact) mass is 210 g/mol. The third-order valence-electron chi connectivity index (χ3n) is 2.43. The maximum Gasteiger partial charge on any atom is 0.243 e. The van der Waals surface area contributed by atoms with Crippen LogP contribution in [-0.4, -0.2) is 35.8 Å². The van der Waals surface area contributed by atoms with E-state index in [4.69, 9.17) is 0 Å². The fraction of sp³-hybridized carbons (Fsp3) is 0.636. The molecule has 0 aromatic heterocycles. The van der Waals surface area contributed by atoms with Gasteiger partial charge in [0.05, 0.1) is 6.54 Å². The van der Waals surface area contributed by atoms with Crippen molar-refractivity contribution in [2.45, 2.75) is 26.3 Å². The first-order chi connectivity index (χ1) is 7.06. The molecule has 1 atom stereocenters. The number of hydrogen-bond donors (Lipinski definition) is 1. The number of amides is 2. The van der Waals surface area contributed by atoms with Crippen LogP contribution in [0.2, 0.25) is 0 Å². The Kier molecular flexibility index (Phi) is 3.88. The van der Waals surface area contributed by atoms with Crippen LogP contribution in [0.5, 0.6) is 0 Å². The number of carbonyl (C=O) groups is 2. The van der Waals surface area contributed by atoms with Crippen LogP contribution < -0.4 is 5.32 Å². The van der Waals surface area contributed by atoms with Gasteiger partial charge in [-0.3, -0.25) is 9.59 Å². The molecule has 2 amide bonds. The van der Waals surface area contributed by atoms with Crippen molar-refractivity contribution in [3.63, 3.8) is 0 Å². The lowest BCUT2D eigenvalue weighted by atomic mass is 10.00. The zero-order chi connectivity index (χ0) is 11.4. The van der Waals surface area contributed by atoms with Gasteiger partial charge in [-0.25, -0.2) is 0 Å². The molecule has 84 valence electrons. The Morgan fingerprint density at radius 3 is 2.80 bits per heavy atom. The van der Waals surface area contributed by atoms with Crippen molar-refractivity contribution < 1.29 is 9.59 Å². The van der Waals surface area contributed by atoms with Crippen molar-refractivity contribution in [2.24, 2.45) is 5.92 Å². The first-order valence-electron chi connectivity index (χ1n) is 5.24. The maximum absolute atomic E-state index is 11.6. The highest BCUT2D eigenvalue weighted by atomic mass is 16.2. The maximum atomic E-state index is 11.6. The topological polar surface area (TPSA) is 49.4 Å². The van der Waals surface area contributed by atoms with E-state index in [1.165, 1.54) is 0 Å². The van der Waals surface area contributed by atoms with Crippen molar-refractivity contribution in [1.29, 1.82) is 0 Å². The van der Waals surface area contributed by atoms with Crippen molar-refractivity contribution in [1.82, 2.24) is 10.2 Å². The smallest absolute Gasteiger partial charge is 0.243 e. The SMILES string of the molecule is C=CCN1C(=O)CNC(=O)C1CC(C)C. The van der Waals surface area contributed by atoms with Crippen LogP contribution in [-0.2, 0) is 9.59 Å². The summed E-state index contributed by atoms with van der Waals surface area (Å²) in [6.07, 6.45) is 2.36. The number of piperazine rings is 1. The number of rotatable bonds is 4. The summed E-state index contributed by atoms with van der Waals surface area (Å²) >= 11 is 0. The Balaban J connectivity index is 2.77. The molecule has 1 aliphatic rings. The second-order valence-corrected chi connectivity index (χ2v) is 4.20. The van der Waals surface area contributed by atoms with Crippen LogP contribution in [0.4, 0.5) is 0 Å². The Hall–Kier alpha value is -1.32. The lowest BCUT2D eigenvalue weighted by Gasteiger charge is -2.35. The van der Waals surface area contributed by atoms with Gasteiger partial charge in [0.25, 0.3) is 0 Å². The fourth-order valence-corrected chi connectivity index (χ4v) is 1.75. The number of nitrogens with one attached hydrogen (secondary N) is 1. The molecule has 1 aliphatic heterocycles. The molecule has 1 heterocycles. The molecule has 0 aromatic rings. The Bertz CT molecular complexity index is 274. The van der Waals surface area contributed by atoms with Gasteiger partial charge in [-0.05, 0) is 12.3 Å². The number of hydrogen-bond acceptors (Lipinski definition) is 2. The highest BCUT2D eigenvalue weighted by Gasteiger charge is 2.33. The largest absolute Gasteiger partial charge is 0.345 e. The minimum Gasteiger partial charge on any atom is -0.345 e. The Morgan fingerprint density at radius 1 is 1.60 bits per heavy atom. The number of nitrogens with zero attached hydrogens (tertiary/aromatic N) is 1. The van der Waals surface area contributed by atoms with Gasteiger partial charge in [0, 0.05) is 6.54 Å². The predicted octanol–water partition coefficient (Wildman–Crippen LogP) is 0.545. The molecule has 4 nitrogen and oxygen atoms in total. The summed E-state index contributed by atoms with van der Waals surface area (Å²) < 4.78 is 0. The highest BCUT2D eigenvalue weighted by Crippen LogP contribution is 2.14. The minimum atomic E-state index is -0.329. The van der Waals surface area contributed by atoms with Gasteiger partial charge >= 0.3 is 0 Å². The van der Waals surface area contributed by atoms with Crippen LogP contribution in [0, 0.1) is 5.92 Å². The summed E-state index contributed by atoms with van der Waals surface area (Å²) in [5, 5.41) is 2.61. The molecule has 1 fully saturated rings. The van der Waals surface area contributed by atoms with E-state index in [-0.39, 0.29) is 24.4 Å². The molecule has 0 spiro atoms. The van der Waals surface area contributed by atoms with E-state index in [1.54, 1.807) is 11.0 Å². The summed E-state index contributed by atoms with van der Waals surface area (Å²) in [7, 11) is 0. The van der Waals surface area contributed by atoms with E-state index >= 15 is 0 Å². The molecule has 1 rings (SSSR count). The van der Waals surface area contributed by atoms with Gasteiger partial charge in [0.2, 0.25) is 11.8 Å².